The van der Waals surface area contributed by atoms with E-state index in [1.807, 2.05) is 49.1 Å². The molecule has 0 spiro atoms. The predicted molar refractivity (Wildman–Crippen MR) is 108 cm³/mol. The summed E-state index contributed by atoms with van der Waals surface area (Å²) in [5.74, 6) is 1.67. The van der Waals surface area contributed by atoms with Crippen molar-refractivity contribution in [3.05, 3.63) is 47.8 Å². The minimum absolute atomic E-state index is 0. The summed E-state index contributed by atoms with van der Waals surface area (Å²) < 4.78 is 7.55. The van der Waals surface area contributed by atoms with Crippen molar-refractivity contribution in [3.8, 4) is 5.75 Å². The minimum atomic E-state index is 0. The number of hydrogen-bond donors (Lipinski definition) is 2. The van der Waals surface area contributed by atoms with E-state index in [1.165, 1.54) is 5.56 Å². The van der Waals surface area contributed by atoms with E-state index in [-0.39, 0.29) is 24.0 Å². The highest BCUT2D eigenvalue weighted by Gasteiger charge is 2.04. The zero-order valence-electron chi connectivity index (χ0n) is 14.5. The molecule has 6 nitrogen and oxygen atoms in total. The zero-order chi connectivity index (χ0) is 16.5. The Labute approximate surface area is 160 Å². The highest BCUT2D eigenvalue weighted by Crippen LogP contribution is 2.17. The third-order valence-electron chi connectivity index (χ3n) is 3.34. The van der Waals surface area contributed by atoms with Gasteiger partial charge in [0.25, 0.3) is 0 Å². The van der Waals surface area contributed by atoms with Crippen LogP contribution >= 0.6 is 24.0 Å². The molecule has 0 unspecified atom stereocenters. The Bertz CT molecular complexity index is 641. The van der Waals surface area contributed by atoms with Crippen LogP contribution in [0.25, 0.3) is 0 Å². The Morgan fingerprint density at radius 1 is 1.29 bits per heavy atom. The van der Waals surface area contributed by atoms with Gasteiger partial charge in [0.15, 0.2) is 5.96 Å². The summed E-state index contributed by atoms with van der Waals surface area (Å²) in [5, 5.41) is 10.9. The minimum Gasteiger partial charge on any atom is -0.494 e. The first-order chi connectivity index (χ1) is 11.2. The van der Waals surface area contributed by atoms with Gasteiger partial charge in [0.05, 0.1) is 19.3 Å². The van der Waals surface area contributed by atoms with E-state index in [0.29, 0.717) is 13.2 Å². The molecular formula is C17H26IN5O. The second-order valence-electron chi connectivity index (χ2n) is 5.17. The molecule has 0 bridgehead atoms. The number of nitrogens with zero attached hydrogens (tertiary/aromatic N) is 3. The van der Waals surface area contributed by atoms with Crippen LogP contribution in [0.4, 0.5) is 0 Å². The molecule has 2 aromatic rings. The lowest BCUT2D eigenvalue weighted by Crippen LogP contribution is -2.38. The van der Waals surface area contributed by atoms with E-state index in [4.69, 9.17) is 4.74 Å². The van der Waals surface area contributed by atoms with Crippen molar-refractivity contribution in [1.29, 1.82) is 0 Å². The molecule has 0 aliphatic carbocycles. The lowest BCUT2D eigenvalue weighted by atomic mass is 10.2. The SMILES string of the molecule is CCOc1ccccc1CNC(=NC)NCCn1cc(C)cn1.I. The fourth-order valence-electron chi connectivity index (χ4n) is 2.22. The summed E-state index contributed by atoms with van der Waals surface area (Å²) in [7, 11) is 1.77. The summed E-state index contributed by atoms with van der Waals surface area (Å²) >= 11 is 0. The van der Waals surface area contributed by atoms with Gasteiger partial charge in [-0.25, -0.2) is 0 Å². The molecule has 0 aliphatic heterocycles. The Morgan fingerprint density at radius 2 is 2.08 bits per heavy atom. The van der Waals surface area contributed by atoms with E-state index in [0.717, 1.165) is 30.4 Å². The van der Waals surface area contributed by atoms with Crippen molar-refractivity contribution in [2.75, 3.05) is 20.2 Å². The van der Waals surface area contributed by atoms with E-state index in [1.54, 1.807) is 7.05 Å². The number of aryl methyl sites for hydroxylation is 1. The van der Waals surface area contributed by atoms with Crippen LogP contribution in [0.2, 0.25) is 0 Å². The lowest BCUT2D eigenvalue weighted by Gasteiger charge is -2.14. The predicted octanol–water partition coefficient (Wildman–Crippen LogP) is 2.57. The van der Waals surface area contributed by atoms with Crippen LogP contribution < -0.4 is 15.4 Å². The van der Waals surface area contributed by atoms with Crippen molar-refractivity contribution < 1.29 is 4.74 Å². The molecule has 0 atom stereocenters. The van der Waals surface area contributed by atoms with Crippen molar-refractivity contribution in [2.24, 2.45) is 4.99 Å². The van der Waals surface area contributed by atoms with Crippen molar-refractivity contribution in [3.63, 3.8) is 0 Å². The zero-order valence-corrected chi connectivity index (χ0v) is 16.8. The molecule has 0 saturated carbocycles. The summed E-state index contributed by atoms with van der Waals surface area (Å²) in [6, 6.07) is 8.03. The average Bonchev–Trinajstić information content (AvgIpc) is 2.97. The molecule has 2 rings (SSSR count). The van der Waals surface area contributed by atoms with Gasteiger partial charge in [-0.2, -0.15) is 5.10 Å². The fourth-order valence-corrected chi connectivity index (χ4v) is 2.22. The third kappa shape index (κ3) is 6.38. The number of halogens is 1. The van der Waals surface area contributed by atoms with Gasteiger partial charge in [0.1, 0.15) is 5.75 Å². The number of aromatic nitrogens is 2. The topological polar surface area (TPSA) is 63.5 Å². The first-order valence-corrected chi connectivity index (χ1v) is 7.87. The lowest BCUT2D eigenvalue weighted by molar-refractivity contribution is 0.336. The molecule has 24 heavy (non-hydrogen) atoms. The molecule has 7 heteroatoms. The van der Waals surface area contributed by atoms with Gasteiger partial charge < -0.3 is 15.4 Å². The van der Waals surface area contributed by atoms with Crippen molar-refractivity contribution in [2.45, 2.75) is 26.9 Å². The Kier molecular flexibility index (Phi) is 9.21. The summed E-state index contributed by atoms with van der Waals surface area (Å²) in [6.45, 7) is 6.90. The quantitative estimate of drug-likeness (QED) is 0.393. The average molecular weight is 443 g/mol. The van der Waals surface area contributed by atoms with Gasteiger partial charge in [-0.1, -0.05) is 18.2 Å². The standard InChI is InChI=1S/C17H25N5O.HI/c1-4-23-16-8-6-5-7-15(16)12-20-17(18-3)19-9-10-22-13-14(2)11-21-22;/h5-8,11,13H,4,9-10,12H2,1-3H3,(H2,18,19,20);1H. The number of nitrogens with one attached hydrogen (secondary N) is 2. The molecule has 2 N–H and O–H groups in total. The largest absolute Gasteiger partial charge is 0.494 e. The number of guanidine groups is 1. The maximum atomic E-state index is 5.63. The number of rotatable bonds is 7. The molecule has 0 fully saturated rings. The first kappa shape index (κ1) is 20.3. The third-order valence-corrected chi connectivity index (χ3v) is 3.34. The molecular weight excluding hydrogens is 417 g/mol. The van der Waals surface area contributed by atoms with Crippen LogP contribution in [0, 0.1) is 6.92 Å². The molecule has 0 amide bonds. The van der Waals surface area contributed by atoms with E-state index in [9.17, 15) is 0 Å². The monoisotopic (exact) mass is 443 g/mol. The van der Waals surface area contributed by atoms with Crippen LogP contribution in [0.5, 0.6) is 5.75 Å². The van der Waals surface area contributed by atoms with Gasteiger partial charge in [-0.3, -0.25) is 9.67 Å². The summed E-state index contributed by atoms with van der Waals surface area (Å²) in [4.78, 5) is 4.24. The van der Waals surface area contributed by atoms with Gasteiger partial charge in [-0.15, -0.1) is 24.0 Å². The van der Waals surface area contributed by atoms with Crippen LogP contribution in [-0.4, -0.2) is 35.9 Å². The van der Waals surface area contributed by atoms with Crippen LogP contribution in [0.3, 0.4) is 0 Å². The molecule has 0 aliphatic rings. The highest BCUT2D eigenvalue weighted by atomic mass is 127. The maximum Gasteiger partial charge on any atom is 0.191 e. The van der Waals surface area contributed by atoms with E-state index in [2.05, 4.69) is 26.8 Å². The number of ether oxygens (including phenoxy) is 1. The Balaban J connectivity index is 0.00000288. The molecule has 0 radical (unpaired) electrons. The number of hydrogen-bond acceptors (Lipinski definition) is 3. The number of aliphatic imine (C=N–C) groups is 1. The van der Waals surface area contributed by atoms with E-state index >= 15 is 0 Å². The van der Waals surface area contributed by atoms with Crippen LogP contribution in [-0.2, 0) is 13.1 Å². The van der Waals surface area contributed by atoms with Crippen LogP contribution in [0.15, 0.2) is 41.7 Å². The summed E-state index contributed by atoms with van der Waals surface area (Å²) in [5.41, 5.74) is 2.28. The highest BCUT2D eigenvalue weighted by molar-refractivity contribution is 14.0. The molecule has 0 saturated heterocycles. The van der Waals surface area contributed by atoms with Crippen molar-refractivity contribution in [1.82, 2.24) is 20.4 Å². The first-order valence-electron chi connectivity index (χ1n) is 7.87. The smallest absolute Gasteiger partial charge is 0.191 e. The molecule has 1 heterocycles. The second kappa shape index (κ2) is 10.9. The number of para-hydroxylation sites is 1. The van der Waals surface area contributed by atoms with Gasteiger partial charge >= 0.3 is 0 Å². The molecule has 132 valence electrons. The Morgan fingerprint density at radius 3 is 2.75 bits per heavy atom. The molecule has 1 aromatic heterocycles. The van der Waals surface area contributed by atoms with Gasteiger partial charge in [-0.05, 0) is 25.5 Å². The fraction of sp³-hybridized carbons (Fsp3) is 0.412. The van der Waals surface area contributed by atoms with Crippen LogP contribution in [0.1, 0.15) is 18.1 Å². The molecule has 1 aromatic carbocycles. The Hall–Kier alpha value is -1.77. The number of benzene rings is 1. The maximum absolute atomic E-state index is 5.63. The van der Waals surface area contributed by atoms with Gasteiger partial charge in [0.2, 0.25) is 0 Å². The summed E-state index contributed by atoms with van der Waals surface area (Å²) in [6.07, 6.45) is 3.88. The van der Waals surface area contributed by atoms with Crippen molar-refractivity contribution >= 4 is 29.9 Å². The second-order valence-corrected chi connectivity index (χ2v) is 5.17. The van der Waals surface area contributed by atoms with Gasteiger partial charge in [0, 0.05) is 31.9 Å². The normalized spacial score (nSPS) is 10.9. The van der Waals surface area contributed by atoms with E-state index < -0.39 is 0 Å².